The SMILES string of the molecule is O=C(OCc1nc2ccccc2o1)c1ccc(Br)c([N+](=O)[O-])c1. The number of nitro groups is 1. The summed E-state index contributed by atoms with van der Waals surface area (Å²) in [6.45, 7) is -0.155. The van der Waals surface area contributed by atoms with E-state index in [2.05, 4.69) is 20.9 Å². The monoisotopic (exact) mass is 376 g/mol. The third-order valence-electron chi connectivity index (χ3n) is 3.04. The van der Waals surface area contributed by atoms with Crippen molar-refractivity contribution in [1.82, 2.24) is 4.98 Å². The van der Waals surface area contributed by atoms with Crippen molar-refractivity contribution in [3.8, 4) is 0 Å². The molecule has 0 amide bonds. The minimum absolute atomic E-state index is 0.0796. The predicted octanol–water partition coefficient (Wildman–Crippen LogP) is 3.86. The Labute approximate surface area is 138 Å². The molecule has 8 heteroatoms. The number of oxazole rings is 1. The van der Waals surface area contributed by atoms with Gasteiger partial charge in [-0.2, -0.15) is 0 Å². The maximum absolute atomic E-state index is 12.0. The van der Waals surface area contributed by atoms with Crippen molar-refractivity contribution >= 4 is 38.7 Å². The Morgan fingerprint density at radius 3 is 2.83 bits per heavy atom. The number of benzene rings is 2. The molecule has 0 spiro atoms. The number of aromatic nitrogens is 1. The average Bonchev–Trinajstić information content (AvgIpc) is 2.95. The summed E-state index contributed by atoms with van der Waals surface area (Å²) in [6.07, 6.45) is 0. The fourth-order valence-electron chi connectivity index (χ4n) is 1.97. The van der Waals surface area contributed by atoms with E-state index in [0.29, 0.717) is 11.1 Å². The zero-order valence-corrected chi connectivity index (χ0v) is 13.1. The minimum atomic E-state index is -0.692. The fraction of sp³-hybridized carbons (Fsp3) is 0.0667. The van der Waals surface area contributed by atoms with Gasteiger partial charge in [-0.15, -0.1) is 0 Å². The summed E-state index contributed by atoms with van der Waals surface area (Å²) in [7, 11) is 0. The molecule has 0 unspecified atom stereocenters. The maximum atomic E-state index is 12.0. The summed E-state index contributed by atoms with van der Waals surface area (Å²) >= 11 is 3.06. The fourth-order valence-corrected chi connectivity index (χ4v) is 2.36. The molecule has 23 heavy (non-hydrogen) atoms. The summed E-state index contributed by atoms with van der Waals surface area (Å²) in [5.74, 6) is -0.436. The van der Waals surface area contributed by atoms with Gasteiger partial charge in [0.1, 0.15) is 5.52 Å². The summed E-state index contributed by atoms with van der Waals surface area (Å²) in [5, 5.41) is 10.9. The highest BCUT2D eigenvalue weighted by molar-refractivity contribution is 9.10. The number of nitro benzene ring substituents is 1. The first-order valence-corrected chi connectivity index (χ1v) is 7.29. The Balaban J connectivity index is 1.74. The number of rotatable bonds is 4. The highest BCUT2D eigenvalue weighted by atomic mass is 79.9. The lowest BCUT2D eigenvalue weighted by atomic mass is 10.2. The van der Waals surface area contributed by atoms with Gasteiger partial charge in [0.2, 0.25) is 5.89 Å². The van der Waals surface area contributed by atoms with Gasteiger partial charge in [-0.05, 0) is 40.2 Å². The van der Waals surface area contributed by atoms with Crippen LogP contribution in [0.15, 0.2) is 51.4 Å². The zero-order valence-electron chi connectivity index (χ0n) is 11.6. The molecule has 2 aromatic carbocycles. The Kier molecular flexibility index (Phi) is 4.07. The van der Waals surface area contributed by atoms with Gasteiger partial charge in [-0.1, -0.05) is 12.1 Å². The normalized spacial score (nSPS) is 10.7. The van der Waals surface area contributed by atoms with Gasteiger partial charge in [0.05, 0.1) is 15.0 Å². The van der Waals surface area contributed by atoms with Crippen molar-refractivity contribution in [3.63, 3.8) is 0 Å². The summed E-state index contributed by atoms with van der Waals surface area (Å²) < 4.78 is 10.8. The van der Waals surface area contributed by atoms with Crippen LogP contribution in [0.1, 0.15) is 16.2 Å². The molecule has 0 radical (unpaired) electrons. The second-order valence-corrected chi connectivity index (χ2v) is 5.43. The van der Waals surface area contributed by atoms with E-state index in [-0.39, 0.29) is 28.2 Å². The van der Waals surface area contributed by atoms with E-state index in [4.69, 9.17) is 9.15 Å². The molecule has 7 nitrogen and oxygen atoms in total. The predicted molar refractivity (Wildman–Crippen MR) is 83.9 cm³/mol. The quantitative estimate of drug-likeness (QED) is 0.389. The van der Waals surface area contributed by atoms with E-state index in [0.717, 1.165) is 6.07 Å². The van der Waals surface area contributed by atoms with E-state index in [1.54, 1.807) is 12.1 Å². The number of nitrogens with zero attached hydrogens (tertiary/aromatic N) is 2. The van der Waals surface area contributed by atoms with Crippen LogP contribution in [0, 0.1) is 10.1 Å². The highest BCUT2D eigenvalue weighted by Crippen LogP contribution is 2.26. The van der Waals surface area contributed by atoms with Crippen molar-refractivity contribution in [3.05, 3.63) is 68.5 Å². The smallest absolute Gasteiger partial charge is 0.338 e. The molecule has 0 saturated heterocycles. The molecule has 1 aromatic heterocycles. The van der Waals surface area contributed by atoms with Crippen LogP contribution in [0.25, 0.3) is 11.1 Å². The number of esters is 1. The van der Waals surface area contributed by atoms with Crippen molar-refractivity contribution in [1.29, 1.82) is 0 Å². The summed E-state index contributed by atoms with van der Waals surface area (Å²) in [4.78, 5) is 26.5. The Hall–Kier alpha value is -2.74. The van der Waals surface area contributed by atoms with Gasteiger partial charge in [-0.3, -0.25) is 10.1 Å². The minimum Gasteiger partial charge on any atom is -0.452 e. The van der Waals surface area contributed by atoms with Gasteiger partial charge in [0.15, 0.2) is 12.2 Å². The number of hydrogen-bond acceptors (Lipinski definition) is 6. The Bertz CT molecular complexity index is 873. The lowest BCUT2D eigenvalue weighted by Gasteiger charge is -2.03. The van der Waals surface area contributed by atoms with Crippen LogP contribution in [-0.2, 0) is 11.3 Å². The lowest BCUT2D eigenvalue weighted by molar-refractivity contribution is -0.385. The molecule has 0 N–H and O–H groups in total. The largest absolute Gasteiger partial charge is 0.452 e. The number of halogens is 1. The molecule has 1 heterocycles. The average molecular weight is 377 g/mol. The number of carbonyl (C=O) groups excluding carboxylic acids is 1. The lowest BCUT2D eigenvalue weighted by Crippen LogP contribution is -2.06. The van der Waals surface area contributed by atoms with E-state index in [9.17, 15) is 14.9 Å². The van der Waals surface area contributed by atoms with Gasteiger partial charge >= 0.3 is 5.97 Å². The van der Waals surface area contributed by atoms with Crippen molar-refractivity contribution in [2.75, 3.05) is 0 Å². The van der Waals surface area contributed by atoms with Crippen molar-refractivity contribution < 1.29 is 18.9 Å². The number of para-hydroxylation sites is 2. The van der Waals surface area contributed by atoms with Crippen LogP contribution in [0.5, 0.6) is 0 Å². The van der Waals surface area contributed by atoms with Crippen LogP contribution >= 0.6 is 15.9 Å². The van der Waals surface area contributed by atoms with Crippen molar-refractivity contribution in [2.45, 2.75) is 6.61 Å². The van der Waals surface area contributed by atoms with Crippen LogP contribution < -0.4 is 0 Å². The highest BCUT2D eigenvalue weighted by Gasteiger charge is 2.17. The Morgan fingerprint density at radius 2 is 2.09 bits per heavy atom. The first-order valence-electron chi connectivity index (χ1n) is 6.50. The van der Waals surface area contributed by atoms with Crippen LogP contribution in [-0.4, -0.2) is 15.9 Å². The van der Waals surface area contributed by atoms with Gasteiger partial charge in [0.25, 0.3) is 5.69 Å². The molecular formula is C15H9BrN2O5. The van der Waals surface area contributed by atoms with E-state index in [1.165, 1.54) is 12.1 Å². The molecule has 0 aliphatic rings. The molecule has 0 saturated carbocycles. The molecule has 3 aromatic rings. The zero-order chi connectivity index (χ0) is 16.4. The van der Waals surface area contributed by atoms with Gasteiger partial charge < -0.3 is 9.15 Å². The van der Waals surface area contributed by atoms with Crippen molar-refractivity contribution in [2.24, 2.45) is 0 Å². The molecule has 0 fully saturated rings. The molecule has 3 rings (SSSR count). The molecular weight excluding hydrogens is 368 g/mol. The van der Waals surface area contributed by atoms with E-state index in [1.807, 2.05) is 12.1 Å². The van der Waals surface area contributed by atoms with Crippen LogP contribution in [0.4, 0.5) is 5.69 Å². The molecule has 0 atom stereocenters. The van der Waals surface area contributed by atoms with E-state index >= 15 is 0 Å². The second-order valence-electron chi connectivity index (χ2n) is 4.57. The molecule has 0 aliphatic heterocycles. The number of carbonyl (C=O) groups is 1. The molecule has 0 aliphatic carbocycles. The summed E-state index contributed by atoms with van der Waals surface area (Å²) in [5.41, 5.74) is 1.13. The van der Waals surface area contributed by atoms with Crippen LogP contribution in [0.2, 0.25) is 0 Å². The number of fused-ring (bicyclic) bond motifs is 1. The van der Waals surface area contributed by atoms with E-state index < -0.39 is 10.9 Å². The third kappa shape index (κ3) is 3.21. The Morgan fingerprint density at radius 1 is 1.30 bits per heavy atom. The second kappa shape index (κ2) is 6.17. The van der Waals surface area contributed by atoms with Gasteiger partial charge in [0, 0.05) is 6.07 Å². The first kappa shape index (κ1) is 15.2. The maximum Gasteiger partial charge on any atom is 0.338 e. The number of hydrogen-bond donors (Lipinski definition) is 0. The topological polar surface area (TPSA) is 95.5 Å². The molecule has 116 valence electrons. The molecule has 0 bridgehead atoms. The third-order valence-corrected chi connectivity index (χ3v) is 3.71. The van der Waals surface area contributed by atoms with Gasteiger partial charge in [-0.25, -0.2) is 9.78 Å². The number of ether oxygens (including phenoxy) is 1. The summed E-state index contributed by atoms with van der Waals surface area (Å²) in [6, 6.07) is 11.2. The first-order chi connectivity index (χ1) is 11.0. The van der Waals surface area contributed by atoms with Crippen LogP contribution in [0.3, 0.4) is 0 Å². The standard InChI is InChI=1S/C15H9BrN2O5/c16-10-6-5-9(7-12(10)18(20)21)15(19)22-8-14-17-11-3-1-2-4-13(11)23-14/h1-7H,8H2.